The van der Waals surface area contributed by atoms with E-state index in [1.54, 1.807) is 88.1 Å². The van der Waals surface area contributed by atoms with Gasteiger partial charge in [0.15, 0.2) is 71.7 Å². The van der Waals surface area contributed by atoms with E-state index in [4.69, 9.17) is 110 Å². The molecule has 24 nitrogen and oxygen atoms in total. The van der Waals surface area contributed by atoms with Crippen LogP contribution in [0.1, 0.15) is 103 Å². The van der Waals surface area contributed by atoms with Crippen molar-refractivity contribution in [1.29, 1.82) is 0 Å². The third-order valence-electron chi connectivity index (χ3n) is 17.4. The summed E-state index contributed by atoms with van der Waals surface area (Å²) in [5.74, 6) is 1.09. The van der Waals surface area contributed by atoms with E-state index < -0.39 is 17.9 Å². The number of methoxy groups -OCH3 is 4. The van der Waals surface area contributed by atoms with Crippen molar-refractivity contribution in [3.63, 3.8) is 0 Å². The van der Waals surface area contributed by atoms with Crippen LogP contribution in [-0.2, 0) is 75.3 Å². The van der Waals surface area contributed by atoms with Gasteiger partial charge in [0.25, 0.3) is 5.91 Å². The Morgan fingerprint density at radius 3 is 1.24 bits per heavy atom. The number of allylic oxidation sites excluding steroid dienone is 4. The number of aliphatic carboxylic acids is 3. The Morgan fingerprint density at radius 2 is 0.898 bits per heavy atom. The van der Waals surface area contributed by atoms with Gasteiger partial charge in [0, 0.05) is 73.2 Å². The Balaban J connectivity index is 0.000000196. The fraction of sp³-hybridized carbons (Fsp3) is 0.294. The van der Waals surface area contributed by atoms with Crippen molar-refractivity contribution in [3.05, 3.63) is 201 Å². The van der Waals surface area contributed by atoms with Crippen LogP contribution in [0.25, 0.3) is 18.2 Å². The van der Waals surface area contributed by atoms with Crippen LogP contribution in [0.5, 0.6) is 51.7 Å². The number of para-hydroxylation sites is 4. The van der Waals surface area contributed by atoms with E-state index in [1.807, 2.05) is 78.9 Å². The van der Waals surface area contributed by atoms with Crippen molar-refractivity contribution in [3.8, 4) is 51.7 Å². The number of carbonyl (C=O) groups excluding carboxylic acids is 6. The van der Waals surface area contributed by atoms with Gasteiger partial charge in [0.2, 0.25) is 5.91 Å². The highest BCUT2D eigenvalue weighted by Gasteiger charge is 2.35. The largest absolute Gasteiger partial charge is 0.504 e. The zero-order valence-electron chi connectivity index (χ0n) is 64.9. The third-order valence-corrected chi connectivity index (χ3v) is 23.7. The van der Waals surface area contributed by atoms with Gasteiger partial charge >= 0.3 is 17.9 Å². The highest BCUT2D eigenvalue weighted by molar-refractivity contribution is 8.27. The molecule has 6 saturated heterocycles. The van der Waals surface area contributed by atoms with Crippen LogP contribution in [0.3, 0.4) is 0 Å². The molecule has 3 atom stereocenters. The fourth-order valence-electron chi connectivity index (χ4n) is 11.8. The summed E-state index contributed by atoms with van der Waals surface area (Å²) in [4.78, 5) is 104. The summed E-state index contributed by atoms with van der Waals surface area (Å²) in [5.41, 5.74) is 8.66. The van der Waals surface area contributed by atoms with Crippen LogP contribution in [0.2, 0.25) is 0 Å². The average molecular weight is 1780 g/mol. The molecule has 622 valence electrons. The first kappa shape index (κ1) is 95.0. The number of benzene rings is 6. The number of ketones is 4. The summed E-state index contributed by atoms with van der Waals surface area (Å²) < 4.78 is 39.3. The number of thiocarbonyl (C=S) groups is 5. The van der Waals surface area contributed by atoms with Crippen LogP contribution in [0.15, 0.2) is 157 Å². The molecule has 33 heteroatoms. The number of amides is 2. The molecule has 2 amide bonds. The monoisotopic (exact) mass is 1770 g/mol. The molecule has 6 aromatic rings. The zero-order valence-corrected chi connectivity index (χ0v) is 72.3. The SMILES string of the molecule is C=CCc1cc(/C=C2\CCC(=O)N2)cc(OC)c1O.C=CCc1cc(/C=C2\CCC(=S)N2)cc(OC)c1O.COc1cccc(/C=C2\SC(=S)N(CCC(C)=O)C2=O)c1OC.O=C(O)COc1ccccc1CC1SC(=S)CC1=O.O=C(O)COc1ccccc1CC1SC(=S)CC1=O.O=C(O)COc1ccccc1C[C@H]1SC(=S)CC1=O. The Morgan fingerprint density at radius 1 is 0.500 bits per heavy atom. The Bertz CT molecular complexity index is 4600. The van der Waals surface area contributed by atoms with Crippen molar-refractivity contribution >= 4 is 201 Å². The van der Waals surface area contributed by atoms with Crippen molar-refractivity contribution < 1.29 is 102 Å². The normalized spacial score (nSPS) is 17.4. The Labute approximate surface area is 727 Å². The van der Waals surface area contributed by atoms with Crippen LogP contribution in [0.4, 0.5) is 0 Å². The van der Waals surface area contributed by atoms with Gasteiger partial charge in [-0.2, -0.15) is 0 Å². The molecule has 6 fully saturated rings. The van der Waals surface area contributed by atoms with Crippen LogP contribution >= 0.6 is 108 Å². The molecule has 118 heavy (non-hydrogen) atoms. The number of phenols is 2. The van der Waals surface area contributed by atoms with Gasteiger partial charge in [-0.1, -0.05) is 152 Å². The molecule has 0 aromatic heterocycles. The first-order chi connectivity index (χ1) is 56.4. The summed E-state index contributed by atoms with van der Waals surface area (Å²) >= 11 is 30.9. The fourth-order valence-corrected chi connectivity index (χ4v) is 17.9. The number of Topliss-reactive ketones (excluding diaryl/α,β-unsaturated/α-hetero) is 4. The lowest BCUT2D eigenvalue weighted by atomic mass is 10.0. The highest BCUT2D eigenvalue weighted by atomic mass is 32.2. The van der Waals surface area contributed by atoms with E-state index in [0.29, 0.717) is 120 Å². The number of thioether (sulfide) groups is 4. The van der Waals surface area contributed by atoms with E-state index in [1.165, 1.54) is 66.0 Å². The molecular formula is C85H87N3O21S9. The topological polar surface area (TPSA) is 347 Å². The number of ether oxygens (including phenoxy) is 7. The number of aromatic hydroxyl groups is 2. The number of hydrogen-bond donors (Lipinski definition) is 7. The van der Waals surface area contributed by atoms with Gasteiger partial charge in [-0.25, -0.2) is 14.4 Å². The summed E-state index contributed by atoms with van der Waals surface area (Å²) in [6.45, 7) is 8.01. The minimum absolute atomic E-state index is 0.0255. The van der Waals surface area contributed by atoms with Crippen LogP contribution < -0.4 is 43.8 Å². The summed E-state index contributed by atoms with van der Waals surface area (Å²) in [5, 5.41) is 51.3. The summed E-state index contributed by atoms with van der Waals surface area (Å²) in [7, 11) is 6.17. The standard InChI is InChI=1S/C16H17NO4S2.C15H17NO3.C15H17NO2S.3C13H12O4S2/c1-10(18)7-8-17-15(19)13(23-16(17)22)9-11-5-4-6-12(20-2)14(11)21-3;1-3-4-11-7-10(9-13(19-2)15(11)18)8-12-5-6-14(17)16-12;1-3-4-11-7-10(9-13(18-2)15(11)17)8-12-5-6-14(19)16-12;3*14-9-6-13(18)19-11(9)5-8-3-1-2-4-10(8)17-7-12(15)16/h4-6,9H,7-8H2,1-3H3;3,7-9,18H,1,4-6H2,2H3,(H,16,17);3,7-9,17H,1,4-6H2,2H3,(H,16,19);3*1-4,11H,5-7H2,(H,15,16)/b13-9-;2*12-8+;;;/t;;;11-;;/m...1../s1. The van der Waals surface area contributed by atoms with Crippen molar-refractivity contribution in [2.24, 2.45) is 0 Å². The Hall–Kier alpha value is -10.1. The van der Waals surface area contributed by atoms with Crippen molar-refractivity contribution in [1.82, 2.24) is 15.5 Å². The molecule has 6 aliphatic heterocycles. The van der Waals surface area contributed by atoms with Crippen LogP contribution in [-0.4, -0.2) is 176 Å². The maximum absolute atomic E-state index is 12.5. The first-order valence-electron chi connectivity index (χ1n) is 36.4. The predicted molar refractivity (Wildman–Crippen MR) is 481 cm³/mol. The van der Waals surface area contributed by atoms with Crippen molar-refractivity contribution in [2.75, 3.05) is 54.8 Å². The lowest BCUT2D eigenvalue weighted by molar-refractivity contribution is -0.140. The van der Waals surface area contributed by atoms with Gasteiger partial charge in [-0.3, -0.25) is 33.7 Å². The number of carboxylic acid groups (broad SMARTS) is 3. The molecule has 0 aliphatic carbocycles. The summed E-state index contributed by atoms with van der Waals surface area (Å²) in [6, 6.07) is 34.3. The second-order valence-corrected chi connectivity index (χ2v) is 34.4. The molecule has 6 aromatic carbocycles. The molecule has 7 N–H and O–H groups in total. The molecule has 12 rings (SSSR count). The predicted octanol–water partition coefficient (Wildman–Crippen LogP) is 14.7. The minimum Gasteiger partial charge on any atom is -0.504 e. The maximum atomic E-state index is 12.5. The molecule has 0 saturated carbocycles. The molecule has 2 unspecified atom stereocenters. The number of rotatable bonds is 29. The van der Waals surface area contributed by atoms with Gasteiger partial charge in [-0.05, 0) is 146 Å². The second-order valence-electron chi connectivity index (χ2n) is 26.1. The first-order valence-corrected chi connectivity index (χ1v) is 41.9. The van der Waals surface area contributed by atoms with E-state index in [2.05, 4.69) is 23.8 Å². The number of hydrogen-bond acceptors (Lipinski definition) is 27. The van der Waals surface area contributed by atoms with Gasteiger partial charge in [-0.15, -0.1) is 48.4 Å². The van der Waals surface area contributed by atoms with Gasteiger partial charge in [0.1, 0.15) is 27.4 Å². The zero-order chi connectivity index (χ0) is 86.1. The molecule has 6 heterocycles. The number of nitrogens with one attached hydrogen (secondary N) is 2. The molecular weight excluding hydrogens is 1690 g/mol. The average Bonchev–Trinajstić information content (AvgIpc) is 1.64. The minimum atomic E-state index is -1.03. The number of carbonyl (C=O) groups is 9. The van der Waals surface area contributed by atoms with E-state index in [9.17, 15) is 53.4 Å². The quantitative estimate of drug-likeness (QED) is 0.0130. The van der Waals surface area contributed by atoms with E-state index in [0.717, 1.165) is 92.7 Å². The highest BCUT2D eigenvalue weighted by Crippen LogP contribution is 2.40. The maximum Gasteiger partial charge on any atom is 0.341 e. The molecule has 0 spiro atoms. The number of nitrogens with zero attached hydrogens (tertiary/aromatic N) is 1. The number of phenolic OH excluding ortho intramolecular Hbond substituents is 2. The van der Waals surface area contributed by atoms with Gasteiger partial charge < -0.3 is 69.3 Å². The molecule has 6 aliphatic rings. The second kappa shape index (κ2) is 48.1. The smallest absolute Gasteiger partial charge is 0.341 e. The third kappa shape index (κ3) is 30.1. The lowest BCUT2D eigenvalue weighted by Gasteiger charge is -2.13. The number of carboxylic acids is 3. The van der Waals surface area contributed by atoms with E-state index >= 15 is 0 Å². The van der Waals surface area contributed by atoms with Gasteiger partial charge in [0.05, 0.1) is 66.7 Å². The summed E-state index contributed by atoms with van der Waals surface area (Å²) in [6.07, 6.45) is 16.3. The van der Waals surface area contributed by atoms with Crippen LogP contribution in [0, 0.1) is 0 Å². The van der Waals surface area contributed by atoms with Crippen molar-refractivity contribution in [2.45, 2.75) is 106 Å². The van der Waals surface area contributed by atoms with E-state index in [-0.39, 0.29) is 82.0 Å². The Kier molecular flexibility index (Phi) is 38.7. The molecule has 0 radical (unpaired) electrons. The lowest BCUT2D eigenvalue weighted by Crippen LogP contribution is -2.30. The molecule has 0 bridgehead atoms.